The number of piperazine rings is 1. The van der Waals surface area contributed by atoms with Crippen LogP contribution in [0.2, 0.25) is 0 Å². The highest BCUT2D eigenvalue weighted by Crippen LogP contribution is 2.40. The number of carbonyl (C=O) groups is 2. The number of hydrogen-bond donors (Lipinski definition) is 2. The number of pyridine rings is 2. The Bertz CT molecular complexity index is 1260. The molecule has 3 aromatic rings. The predicted octanol–water partition coefficient (Wildman–Crippen LogP) is 2.93. The number of benzene rings is 1. The quantitative estimate of drug-likeness (QED) is 0.376. The summed E-state index contributed by atoms with van der Waals surface area (Å²) in [5.41, 5.74) is 6.01. The fourth-order valence-electron chi connectivity index (χ4n) is 6.00. The van der Waals surface area contributed by atoms with E-state index in [1.807, 2.05) is 36.9 Å². The molecule has 0 aliphatic carbocycles. The maximum absolute atomic E-state index is 12.4. The van der Waals surface area contributed by atoms with Gasteiger partial charge < -0.3 is 0 Å². The normalized spacial score (nSPS) is 23.0. The van der Waals surface area contributed by atoms with Crippen molar-refractivity contribution in [2.45, 2.75) is 43.4 Å². The first-order valence-corrected chi connectivity index (χ1v) is 13.7. The van der Waals surface area contributed by atoms with Crippen LogP contribution in [0.15, 0.2) is 67.3 Å². The molecular formula is C29H32N6O2S. The van der Waals surface area contributed by atoms with E-state index >= 15 is 0 Å². The van der Waals surface area contributed by atoms with Gasteiger partial charge in [0.15, 0.2) is 0 Å². The minimum absolute atomic E-state index is 0.141. The minimum atomic E-state index is -0.313. The first-order chi connectivity index (χ1) is 18.6. The number of fused-ring (bicyclic) bond motifs is 1. The third kappa shape index (κ3) is 5.11. The summed E-state index contributed by atoms with van der Waals surface area (Å²) in [4.78, 5) is 39.9. The highest BCUT2D eigenvalue weighted by molar-refractivity contribution is 7.80. The number of rotatable bonds is 6. The van der Waals surface area contributed by atoms with E-state index in [9.17, 15) is 9.59 Å². The molecule has 2 unspecified atom stereocenters. The number of thiol groups is 1. The molecule has 6 rings (SSSR count). The highest BCUT2D eigenvalue weighted by Gasteiger charge is 2.39. The number of amides is 2. The first kappa shape index (κ1) is 25.2. The van der Waals surface area contributed by atoms with Gasteiger partial charge in [-0.25, -0.2) is 0 Å². The number of imide groups is 1. The second kappa shape index (κ2) is 10.9. The second-order valence-corrected chi connectivity index (χ2v) is 10.8. The Kier molecular flexibility index (Phi) is 7.25. The fraction of sp³-hybridized carbons (Fsp3) is 0.379. The Morgan fingerprint density at radius 1 is 0.974 bits per heavy atom. The smallest absolute Gasteiger partial charge is 0.243 e. The summed E-state index contributed by atoms with van der Waals surface area (Å²) in [5, 5.41) is 2.33. The van der Waals surface area contributed by atoms with Gasteiger partial charge in [-0.15, -0.1) is 0 Å². The molecule has 2 fully saturated rings. The van der Waals surface area contributed by atoms with E-state index in [0.29, 0.717) is 19.4 Å². The standard InChI is InChI=1S/C29H32N6O2S/c36-26-8-7-25(28(37)32-26)35-19-23-6-5-20(15-24(23)29(35)38)18-33-11-13-34(14-12-33)27(21-3-1-9-30-16-21)22-4-2-10-31-17-22/h1-6,9-10,15-17,25,27,29,38H,7-8,11-14,18-19H2,(H,32,36,37). The number of piperidine rings is 1. The lowest BCUT2D eigenvalue weighted by Gasteiger charge is -2.39. The topological polar surface area (TPSA) is 81.7 Å². The Morgan fingerprint density at radius 3 is 2.32 bits per heavy atom. The maximum Gasteiger partial charge on any atom is 0.243 e. The van der Waals surface area contributed by atoms with Crippen molar-refractivity contribution in [2.24, 2.45) is 0 Å². The molecule has 0 spiro atoms. The van der Waals surface area contributed by atoms with E-state index in [0.717, 1.165) is 32.7 Å². The van der Waals surface area contributed by atoms with Crippen LogP contribution >= 0.6 is 12.6 Å². The molecular weight excluding hydrogens is 496 g/mol. The summed E-state index contributed by atoms with van der Waals surface area (Å²) >= 11 is 4.89. The van der Waals surface area contributed by atoms with E-state index in [4.69, 9.17) is 12.6 Å². The van der Waals surface area contributed by atoms with E-state index in [1.165, 1.54) is 27.8 Å². The van der Waals surface area contributed by atoms with Crippen LogP contribution in [0, 0.1) is 0 Å². The molecule has 2 amide bonds. The lowest BCUT2D eigenvalue weighted by molar-refractivity contribution is -0.137. The van der Waals surface area contributed by atoms with Crippen LogP contribution in [0.3, 0.4) is 0 Å². The van der Waals surface area contributed by atoms with E-state index in [-0.39, 0.29) is 29.3 Å². The van der Waals surface area contributed by atoms with Crippen LogP contribution in [0.1, 0.15) is 52.1 Å². The molecule has 196 valence electrons. The third-order valence-electron chi connectivity index (χ3n) is 7.94. The lowest BCUT2D eigenvalue weighted by atomic mass is 9.99. The average molecular weight is 529 g/mol. The molecule has 1 N–H and O–H groups in total. The summed E-state index contributed by atoms with van der Waals surface area (Å²) < 4.78 is 0. The summed E-state index contributed by atoms with van der Waals surface area (Å²) in [6.45, 7) is 5.42. The van der Waals surface area contributed by atoms with E-state index in [2.05, 4.69) is 60.3 Å². The molecule has 5 heterocycles. The number of hydrogen-bond acceptors (Lipinski definition) is 8. The van der Waals surface area contributed by atoms with Crippen LogP contribution in [0.25, 0.3) is 0 Å². The van der Waals surface area contributed by atoms with Crippen molar-refractivity contribution in [1.29, 1.82) is 0 Å². The van der Waals surface area contributed by atoms with Gasteiger partial charge in [0.05, 0.1) is 17.5 Å². The van der Waals surface area contributed by atoms with Crippen molar-refractivity contribution in [3.63, 3.8) is 0 Å². The molecule has 0 radical (unpaired) electrons. The van der Waals surface area contributed by atoms with E-state index < -0.39 is 0 Å². The Labute approximate surface area is 228 Å². The van der Waals surface area contributed by atoms with Crippen molar-refractivity contribution in [1.82, 2.24) is 30.0 Å². The van der Waals surface area contributed by atoms with Crippen molar-refractivity contribution in [2.75, 3.05) is 26.2 Å². The summed E-state index contributed by atoms with van der Waals surface area (Å²) in [6.07, 6.45) is 8.48. The van der Waals surface area contributed by atoms with Gasteiger partial charge in [0.1, 0.15) is 0 Å². The zero-order valence-electron chi connectivity index (χ0n) is 21.2. The third-order valence-corrected chi connectivity index (χ3v) is 8.52. The van der Waals surface area contributed by atoms with Crippen LogP contribution in [-0.2, 0) is 22.7 Å². The van der Waals surface area contributed by atoms with E-state index in [1.54, 1.807) is 0 Å². The summed E-state index contributed by atoms with van der Waals surface area (Å²) in [6, 6.07) is 14.7. The van der Waals surface area contributed by atoms with Gasteiger partial charge in [-0.1, -0.05) is 30.3 Å². The molecule has 3 aliphatic heterocycles. The molecule has 1 aromatic carbocycles. The molecule has 38 heavy (non-hydrogen) atoms. The number of nitrogens with one attached hydrogen (secondary N) is 1. The van der Waals surface area contributed by atoms with Gasteiger partial charge in [0, 0.05) is 70.5 Å². The summed E-state index contributed by atoms with van der Waals surface area (Å²) in [7, 11) is 0. The second-order valence-electron chi connectivity index (χ2n) is 10.3. The van der Waals surface area contributed by atoms with Gasteiger partial charge in [0.25, 0.3) is 0 Å². The molecule has 2 saturated heterocycles. The zero-order chi connectivity index (χ0) is 26.1. The van der Waals surface area contributed by atoms with Gasteiger partial charge in [-0.2, -0.15) is 12.6 Å². The summed E-state index contributed by atoms with van der Waals surface area (Å²) in [5.74, 6) is -0.393. The fourth-order valence-corrected chi connectivity index (χ4v) is 6.48. The Hall–Kier alpha value is -3.11. The number of carbonyl (C=O) groups excluding carboxylic acids is 2. The average Bonchev–Trinajstić information content (AvgIpc) is 3.26. The molecule has 9 heteroatoms. The molecule has 0 saturated carbocycles. The largest absolute Gasteiger partial charge is 0.297 e. The van der Waals surface area contributed by atoms with Crippen LogP contribution < -0.4 is 5.32 Å². The van der Waals surface area contributed by atoms with Crippen LogP contribution in [0.5, 0.6) is 0 Å². The SMILES string of the molecule is O=C1CCC(N2Cc3ccc(CN4CCN(C(c5cccnc5)c5cccnc5)CC4)cc3C2S)C(=O)N1. The monoisotopic (exact) mass is 528 g/mol. The van der Waals surface area contributed by atoms with Crippen molar-refractivity contribution >= 4 is 24.4 Å². The molecule has 2 aromatic heterocycles. The van der Waals surface area contributed by atoms with Gasteiger partial charge in [0.2, 0.25) is 11.8 Å². The molecule has 3 aliphatic rings. The first-order valence-electron chi connectivity index (χ1n) is 13.2. The minimum Gasteiger partial charge on any atom is -0.297 e. The van der Waals surface area contributed by atoms with Gasteiger partial charge in [-0.3, -0.25) is 39.6 Å². The van der Waals surface area contributed by atoms with Crippen molar-refractivity contribution < 1.29 is 9.59 Å². The van der Waals surface area contributed by atoms with Gasteiger partial charge in [-0.05, 0) is 46.4 Å². The van der Waals surface area contributed by atoms with Crippen LogP contribution in [0.4, 0.5) is 0 Å². The van der Waals surface area contributed by atoms with Crippen molar-refractivity contribution in [3.8, 4) is 0 Å². The molecule has 0 bridgehead atoms. The molecule has 2 atom stereocenters. The zero-order valence-corrected chi connectivity index (χ0v) is 22.1. The highest BCUT2D eigenvalue weighted by atomic mass is 32.1. The van der Waals surface area contributed by atoms with Gasteiger partial charge >= 0.3 is 0 Å². The Morgan fingerprint density at radius 2 is 1.68 bits per heavy atom. The Balaban J connectivity index is 1.11. The lowest BCUT2D eigenvalue weighted by Crippen LogP contribution is -2.51. The maximum atomic E-state index is 12.4. The predicted molar refractivity (Wildman–Crippen MR) is 147 cm³/mol. The number of aromatic nitrogens is 2. The van der Waals surface area contributed by atoms with Crippen molar-refractivity contribution in [3.05, 3.63) is 95.1 Å². The molecule has 8 nitrogen and oxygen atoms in total. The van der Waals surface area contributed by atoms with Crippen LogP contribution in [-0.4, -0.2) is 68.7 Å². The number of nitrogens with zero attached hydrogens (tertiary/aromatic N) is 5.